The Kier molecular flexibility index (Phi) is 5.50. The summed E-state index contributed by atoms with van der Waals surface area (Å²) in [5, 5.41) is 0. The highest BCUT2D eigenvalue weighted by Gasteiger charge is 2.37. The van der Waals surface area contributed by atoms with Crippen LogP contribution in [-0.4, -0.2) is 28.7 Å². The van der Waals surface area contributed by atoms with Gasteiger partial charge in [0.25, 0.3) is 0 Å². The molecule has 0 spiro atoms. The summed E-state index contributed by atoms with van der Waals surface area (Å²) in [7, 11) is 0. The Balaban J connectivity index is 2.18. The second-order valence-electron chi connectivity index (χ2n) is 6.79. The van der Waals surface area contributed by atoms with Gasteiger partial charge in [0.2, 0.25) is 0 Å². The first-order chi connectivity index (χ1) is 10.9. The Bertz CT molecular complexity index is 604. The van der Waals surface area contributed by atoms with Crippen molar-refractivity contribution in [3.8, 4) is 11.8 Å². The summed E-state index contributed by atoms with van der Waals surface area (Å²) in [5.74, 6) is 6.42. The molecule has 2 atom stereocenters. The molecule has 0 bridgehead atoms. The van der Waals surface area contributed by atoms with Gasteiger partial charge in [-0.1, -0.05) is 36.1 Å². The van der Waals surface area contributed by atoms with Crippen LogP contribution in [0.5, 0.6) is 0 Å². The summed E-state index contributed by atoms with van der Waals surface area (Å²) in [5.41, 5.74) is 0.458. The minimum Gasteiger partial charge on any atom is -0.444 e. The lowest BCUT2D eigenvalue weighted by molar-refractivity contribution is 0.0188. The van der Waals surface area contributed by atoms with Crippen LogP contribution in [0.4, 0.5) is 4.79 Å². The van der Waals surface area contributed by atoms with Crippen LogP contribution in [0.1, 0.15) is 45.6 Å². The summed E-state index contributed by atoms with van der Waals surface area (Å²) in [4.78, 5) is 14.4. The van der Waals surface area contributed by atoms with Crippen molar-refractivity contribution in [1.82, 2.24) is 4.90 Å². The zero-order valence-electron chi connectivity index (χ0n) is 14.2. The molecule has 1 aromatic carbocycles. The van der Waals surface area contributed by atoms with Crippen molar-refractivity contribution in [2.75, 3.05) is 0 Å². The standard InChI is InChI=1S/C20H25NO2/c1-5-9-17-14-15-18(13-12-16-10-7-6-8-11-16)21(17)19(22)23-20(2,3)4/h5-8,10-11,17-18H,1,9,14-15H2,2-4H3/t17-,18+/m1/s1. The highest BCUT2D eigenvalue weighted by atomic mass is 16.6. The van der Waals surface area contributed by atoms with E-state index in [0.29, 0.717) is 0 Å². The summed E-state index contributed by atoms with van der Waals surface area (Å²) in [6.07, 6.45) is 4.14. The Morgan fingerprint density at radius 1 is 1.35 bits per heavy atom. The molecule has 0 aromatic heterocycles. The van der Waals surface area contributed by atoms with Crippen molar-refractivity contribution < 1.29 is 9.53 Å². The number of amides is 1. The van der Waals surface area contributed by atoms with E-state index in [1.807, 2.05) is 57.2 Å². The van der Waals surface area contributed by atoms with E-state index < -0.39 is 5.60 Å². The molecular formula is C20H25NO2. The van der Waals surface area contributed by atoms with Gasteiger partial charge in [0.15, 0.2) is 0 Å². The molecule has 122 valence electrons. The summed E-state index contributed by atoms with van der Waals surface area (Å²) in [6.45, 7) is 9.45. The number of carbonyl (C=O) groups excluding carboxylic acids is 1. The highest BCUT2D eigenvalue weighted by molar-refractivity contribution is 5.70. The third-order valence-corrected chi connectivity index (χ3v) is 3.70. The minimum atomic E-state index is -0.504. The van der Waals surface area contributed by atoms with Gasteiger partial charge in [-0.05, 0) is 52.2 Å². The van der Waals surface area contributed by atoms with E-state index in [0.717, 1.165) is 24.8 Å². The Morgan fingerprint density at radius 3 is 2.65 bits per heavy atom. The smallest absolute Gasteiger partial charge is 0.411 e. The van der Waals surface area contributed by atoms with E-state index in [-0.39, 0.29) is 18.2 Å². The molecule has 1 fully saturated rings. The molecule has 1 aromatic rings. The third-order valence-electron chi connectivity index (χ3n) is 3.70. The van der Waals surface area contributed by atoms with Crippen molar-refractivity contribution in [1.29, 1.82) is 0 Å². The average Bonchev–Trinajstić information content (AvgIpc) is 2.88. The molecule has 1 saturated heterocycles. The molecule has 0 aliphatic carbocycles. The van der Waals surface area contributed by atoms with Crippen LogP contribution in [0.15, 0.2) is 43.0 Å². The maximum Gasteiger partial charge on any atom is 0.411 e. The SMILES string of the molecule is C=CC[C@@H]1CC[C@H](C#Cc2ccccc2)N1C(=O)OC(C)(C)C. The Morgan fingerprint density at radius 2 is 2.04 bits per heavy atom. The van der Waals surface area contributed by atoms with Gasteiger partial charge in [-0.25, -0.2) is 4.79 Å². The van der Waals surface area contributed by atoms with Crippen LogP contribution < -0.4 is 0 Å². The van der Waals surface area contributed by atoms with Gasteiger partial charge >= 0.3 is 6.09 Å². The van der Waals surface area contributed by atoms with Crippen LogP contribution in [0.2, 0.25) is 0 Å². The van der Waals surface area contributed by atoms with Gasteiger partial charge in [0.1, 0.15) is 5.60 Å². The molecule has 23 heavy (non-hydrogen) atoms. The number of likely N-dealkylation sites (tertiary alicyclic amines) is 1. The lowest BCUT2D eigenvalue weighted by Crippen LogP contribution is -2.43. The van der Waals surface area contributed by atoms with E-state index in [1.165, 1.54) is 0 Å². The zero-order chi connectivity index (χ0) is 16.9. The van der Waals surface area contributed by atoms with Crippen LogP contribution in [0.25, 0.3) is 0 Å². The first-order valence-electron chi connectivity index (χ1n) is 8.09. The van der Waals surface area contributed by atoms with E-state index in [9.17, 15) is 4.79 Å². The van der Waals surface area contributed by atoms with Crippen LogP contribution in [0, 0.1) is 11.8 Å². The van der Waals surface area contributed by atoms with Crippen molar-refractivity contribution in [3.05, 3.63) is 48.6 Å². The fraction of sp³-hybridized carbons (Fsp3) is 0.450. The van der Waals surface area contributed by atoms with Gasteiger partial charge in [-0.15, -0.1) is 6.58 Å². The fourth-order valence-electron chi connectivity index (χ4n) is 2.73. The maximum absolute atomic E-state index is 12.6. The normalized spacial score (nSPS) is 20.6. The van der Waals surface area contributed by atoms with E-state index >= 15 is 0 Å². The molecule has 3 nitrogen and oxygen atoms in total. The number of hydrogen-bond acceptors (Lipinski definition) is 2. The summed E-state index contributed by atoms with van der Waals surface area (Å²) < 4.78 is 5.57. The average molecular weight is 311 g/mol. The highest BCUT2D eigenvalue weighted by Crippen LogP contribution is 2.28. The molecule has 0 radical (unpaired) electrons. The van der Waals surface area contributed by atoms with Crippen LogP contribution >= 0.6 is 0 Å². The molecule has 3 heteroatoms. The third kappa shape index (κ3) is 4.89. The van der Waals surface area contributed by atoms with Crippen molar-refractivity contribution in [2.45, 2.75) is 57.7 Å². The molecule has 2 rings (SSSR count). The monoisotopic (exact) mass is 311 g/mol. The van der Waals surface area contributed by atoms with Crippen molar-refractivity contribution in [2.24, 2.45) is 0 Å². The predicted octanol–water partition coefficient (Wildman–Crippen LogP) is 4.38. The van der Waals surface area contributed by atoms with E-state index in [2.05, 4.69) is 18.4 Å². The molecule has 1 aliphatic heterocycles. The second-order valence-corrected chi connectivity index (χ2v) is 6.79. The molecule has 1 heterocycles. The Hall–Kier alpha value is -2.21. The second kappa shape index (κ2) is 7.37. The Labute approximate surface area is 139 Å². The molecule has 1 amide bonds. The van der Waals surface area contributed by atoms with Crippen LogP contribution in [0.3, 0.4) is 0 Å². The quantitative estimate of drug-likeness (QED) is 0.599. The largest absolute Gasteiger partial charge is 0.444 e. The van der Waals surface area contributed by atoms with Gasteiger partial charge in [-0.2, -0.15) is 0 Å². The summed E-state index contributed by atoms with van der Waals surface area (Å²) in [6, 6.07) is 9.86. The first-order valence-corrected chi connectivity index (χ1v) is 8.09. The molecule has 1 aliphatic rings. The predicted molar refractivity (Wildman–Crippen MR) is 93.0 cm³/mol. The number of rotatable bonds is 2. The summed E-state index contributed by atoms with van der Waals surface area (Å²) >= 11 is 0. The first kappa shape index (κ1) is 17.1. The minimum absolute atomic E-state index is 0.102. The maximum atomic E-state index is 12.6. The number of carbonyl (C=O) groups is 1. The van der Waals surface area contributed by atoms with Crippen LogP contribution in [-0.2, 0) is 4.74 Å². The zero-order valence-corrected chi connectivity index (χ0v) is 14.2. The van der Waals surface area contributed by atoms with Crippen molar-refractivity contribution in [3.63, 3.8) is 0 Å². The lowest BCUT2D eigenvalue weighted by atomic mass is 10.1. The molecule has 0 N–H and O–H groups in total. The molecule has 0 unspecified atom stereocenters. The van der Waals surface area contributed by atoms with Crippen molar-refractivity contribution >= 4 is 6.09 Å². The van der Waals surface area contributed by atoms with Gasteiger partial charge in [-0.3, -0.25) is 4.90 Å². The van der Waals surface area contributed by atoms with Gasteiger partial charge < -0.3 is 4.74 Å². The van der Waals surface area contributed by atoms with Gasteiger partial charge in [0.05, 0.1) is 6.04 Å². The van der Waals surface area contributed by atoms with E-state index in [1.54, 1.807) is 4.90 Å². The van der Waals surface area contributed by atoms with Gasteiger partial charge in [0, 0.05) is 11.6 Å². The topological polar surface area (TPSA) is 29.5 Å². The lowest BCUT2D eigenvalue weighted by Gasteiger charge is -2.30. The van der Waals surface area contributed by atoms with E-state index in [4.69, 9.17) is 4.74 Å². The number of hydrogen-bond donors (Lipinski definition) is 0. The number of nitrogens with zero attached hydrogens (tertiary/aromatic N) is 1. The number of benzene rings is 1. The molecular weight excluding hydrogens is 286 g/mol. The molecule has 0 saturated carbocycles. The fourth-order valence-corrected chi connectivity index (χ4v) is 2.73. The number of ether oxygens (including phenoxy) is 1.